The number of pyridine rings is 1. The second-order valence-electron chi connectivity index (χ2n) is 6.51. The van der Waals surface area contributed by atoms with Crippen LogP contribution in [0.15, 0.2) is 18.3 Å². The van der Waals surface area contributed by atoms with E-state index in [-0.39, 0.29) is 11.8 Å². The SMILES string of the molecule is O=C(c1ccc(OCC(F)(F)F)nc1)N1CCC2(CCNC2)CC1. The molecule has 0 saturated carbocycles. The Balaban J connectivity index is 1.55. The first-order chi connectivity index (χ1) is 11.4. The zero-order valence-corrected chi connectivity index (χ0v) is 13.2. The summed E-state index contributed by atoms with van der Waals surface area (Å²) in [5.41, 5.74) is 0.694. The van der Waals surface area contributed by atoms with E-state index < -0.39 is 12.8 Å². The van der Waals surface area contributed by atoms with Crippen molar-refractivity contribution in [2.75, 3.05) is 32.8 Å². The summed E-state index contributed by atoms with van der Waals surface area (Å²) in [5, 5.41) is 3.38. The number of carbonyl (C=O) groups excluding carboxylic acids is 1. The van der Waals surface area contributed by atoms with E-state index in [9.17, 15) is 18.0 Å². The largest absolute Gasteiger partial charge is 0.468 e. The lowest BCUT2D eigenvalue weighted by molar-refractivity contribution is -0.154. The lowest BCUT2D eigenvalue weighted by Crippen LogP contribution is -2.44. The second kappa shape index (κ2) is 6.58. The average molecular weight is 343 g/mol. The highest BCUT2D eigenvalue weighted by Gasteiger charge is 2.38. The third-order valence-corrected chi connectivity index (χ3v) is 4.81. The van der Waals surface area contributed by atoms with Crippen molar-refractivity contribution in [2.45, 2.75) is 25.4 Å². The number of nitrogens with zero attached hydrogens (tertiary/aromatic N) is 2. The van der Waals surface area contributed by atoms with Gasteiger partial charge in [-0.05, 0) is 37.3 Å². The number of piperidine rings is 1. The smallest absolute Gasteiger partial charge is 0.422 e. The molecule has 1 amide bonds. The van der Waals surface area contributed by atoms with Crippen LogP contribution in [0, 0.1) is 5.41 Å². The van der Waals surface area contributed by atoms with Crippen LogP contribution in [0.4, 0.5) is 13.2 Å². The summed E-state index contributed by atoms with van der Waals surface area (Å²) in [5.74, 6) is -0.274. The first kappa shape index (κ1) is 17.0. The van der Waals surface area contributed by atoms with E-state index >= 15 is 0 Å². The fraction of sp³-hybridized carbons (Fsp3) is 0.625. The molecule has 0 unspecified atom stereocenters. The molecule has 1 aromatic rings. The average Bonchev–Trinajstić information content (AvgIpc) is 3.01. The van der Waals surface area contributed by atoms with Crippen LogP contribution in [0.1, 0.15) is 29.6 Å². The number of hydrogen-bond acceptors (Lipinski definition) is 4. The zero-order chi connectivity index (χ0) is 17.2. The fourth-order valence-electron chi connectivity index (χ4n) is 3.34. The Morgan fingerprint density at radius 3 is 2.58 bits per heavy atom. The molecule has 1 N–H and O–H groups in total. The maximum Gasteiger partial charge on any atom is 0.422 e. The Bertz CT molecular complexity index is 573. The van der Waals surface area contributed by atoms with Gasteiger partial charge in [0.2, 0.25) is 5.88 Å². The van der Waals surface area contributed by atoms with Crippen molar-refractivity contribution in [3.8, 4) is 5.88 Å². The Morgan fingerprint density at radius 2 is 2.04 bits per heavy atom. The molecule has 0 aliphatic carbocycles. The molecule has 2 saturated heterocycles. The van der Waals surface area contributed by atoms with Gasteiger partial charge in [0.25, 0.3) is 5.91 Å². The Kier molecular flexibility index (Phi) is 4.67. The van der Waals surface area contributed by atoms with Crippen LogP contribution in [-0.4, -0.2) is 54.8 Å². The number of rotatable bonds is 3. The van der Waals surface area contributed by atoms with E-state index in [1.165, 1.54) is 18.3 Å². The topological polar surface area (TPSA) is 54.5 Å². The number of halogens is 3. The van der Waals surface area contributed by atoms with Crippen molar-refractivity contribution in [1.82, 2.24) is 15.2 Å². The number of ether oxygens (including phenoxy) is 1. The van der Waals surface area contributed by atoms with Gasteiger partial charge < -0.3 is 15.0 Å². The third kappa shape index (κ3) is 3.98. The highest BCUT2D eigenvalue weighted by Crippen LogP contribution is 2.37. The molecule has 0 radical (unpaired) electrons. The van der Waals surface area contributed by atoms with E-state index in [0.29, 0.717) is 24.1 Å². The summed E-state index contributed by atoms with van der Waals surface area (Å²) >= 11 is 0. The molecule has 132 valence electrons. The van der Waals surface area contributed by atoms with Gasteiger partial charge in [0.05, 0.1) is 5.56 Å². The van der Waals surface area contributed by atoms with E-state index in [2.05, 4.69) is 15.0 Å². The number of alkyl halides is 3. The maximum absolute atomic E-state index is 12.5. The predicted molar refractivity (Wildman–Crippen MR) is 80.8 cm³/mol. The molecular formula is C16H20F3N3O2. The van der Waals surface area contributed by atoms with Crippen LogP contribution in [0.25, 0.3) is 0 Å². The van der Waals surface area contributed by atoms with Gasteiger partial charge in [-0.15, -0.1) is 0 Å². The lowest BCUT2D eigenvalue weighted by atomic mass is 9.78. The molecule has 1 spiro atoms. The fourth-order valence-corrected chi connectivity index (χ4v) is 3.34. The molecule has 3 heterocycles. The summed E-state index contributed by atoms with van der Waals surface area (Å²) in [6, 6.07) is 2.76. The Hall–Kier alpha value is -1.83. The van der Waals surface area contributed by atoms with Crippen LogP contribution in [0.3, 0.4) is 0 Å². The molecule has 0 aromatic carbocycles. The zero-order valence-electron chi connectivity index (χ0n) is 13.2. The number of likely N-dealkylation sites (tertiary alicyclic amines) is 1. The van der Waals surface area contributed by atoms with Crippen molar-refractivity contribution in [1.29, 1.82) is 0 Å². The molecule has 0 bridgehead atoms. The van der Waals surface area contributed by atoms with Crippen molar-refractivity contribution in [2.24, 2.45) is 5.41 Å². The van der Waals surface area contributed by atoms with E-state index in [4.69, 9.17) is 0 Å². The highest BCUT2D eigenvalue weighted by atomic mass is 19.4. The van der Waals surface area contributed by atoms with E-state index in [1.54, 1.807) is 4.90 Å². The standard InChI is InChI=1S/C16H20F3N3O2/c17-16(18,19)11-24-13-2-1-12(9-21-13)14(23)22-7-4-15(5-8-22)3-6-20-10-15/h1-2,9,20H,3-8,10-11H2. The van der Waals surface area contributed by atoms with Gasteiger partial charge in [0, 0.05) is 31.9 Å². The van der Waals surface area contributed by atoms with E-state index in [0.717, 1.165) is 32.4 Å². The highest BCUT2D eigenvalue weighted by molar-refractivity contribution is 5.94. The van der Waals surface area contributed by atoms with Gasteiger partial charge in [-0.25, -0.2) is 4.98 Å². The molecule has 5 nitrogen and oxygen atoms in total. The first-order valence-electron chi connectivity index (χ1n) is 8.03. The third-order valence-electron chi connectivity index (χ3n) is 4.81. The van der Waals surface area contributed by atoms with Gasteiger partial charge in [-0.3, -0.25) is 4.79 Å². The number of nitrogens with one attached hydrogen (secondary N) is 1. The minimum Gasteiger partial charge on any atom is -0.468 e. The Morgan fingerprint density at radius 1 is 1.29 bits per heavy atom. The molecule has 8 heteroatoms. The van der Waals surface area contributed by atoms with Gasteiger partial charge in [0.15, 0.2) is 6.61 Å². The van der Waals surface area contributed by atoms with Gasteiger partial charge in [-0.1, -0.05) is 0 Å². The normalized spacial score (nSPS) is 20.4. The second-order valence-corrected chi connectivity index (χ2v) is 6.51. The van der Waals surface area contributed by atoms with Crippen LogP contribution in [0.2, 0.25) is 0 Å². The first-order valence-corrected chi connectivity index (χ1v) is 8.03. The molecule has 3 rings (SSSR count). The molecule has 2 aliphatic heterocycles. The molecule has 0 atom stereocenters. The summed E-state index contributed by atoms with van der Waals surface area (Å²) in [6.45, 7) is 2.06. The van der Waals surface area contributed by atoms with E-state index in [1.807, 2.05) is 0 Å². The quantitative estimate of drug-likeness (QED) is 0.915. The van der Waals surface area contributed by atoms with Crippen LogP contribution in [-0.2, 0) is 0 Å². The van der Waals surface area contributed by atoms with Crippen LogP contribution in [0.5, 0.6) is 5.88 Å². The minimum atomic E-state index is -4.41. The molecule has 2 fully saturated rings. The van der Waals surface area contributed by atoms with Crippen LogP contribution < -0.4 is 10.1 Å². The minimum absolute atomic E-state index is 0.134. The van der Waals surface area contributed by atoms with Gasteiger partial charge in [0.1, 0.15) is 0 Å². The van der Waals surface area contributed by atoms with Crippen molar-refractivity contribution >= 4 is 5.91 Å². The van der Waals surface area contributed by atoms with Gasteiger partial charge >= 0.3 is 6.18 Å². The Labute approximate surface area is 138 Å². The number of amides is 1. The monoisotopic (exact) mass is 343 g/mol. The number of carbonyl (C=O) groups is 1. The van der Waals surface area contributed by atoms with Crippen molar-refractivity contribution < 1.29 is 22.7 Å². The summed E-state index contributed by atoms with van der Waals surface area (Å²) < 4.78 is 40.8. The summed E-state index contributed by atoms with van der Waals surface area (Å²) in [4.78, 5) is 18.1. The van der Waals surface area contributed by atoms with Crippen LogP contribution >= 0.6 is 0 Å². The predicted octanol–water partition coefficient (Wildman–Crippen LogP) is 2.24. The maximum atomic E-state index is 12.5. The molecule has 2 aliphatic rings. The van der Waals surface area contributed by atoms with Crippen molar-refractivity contribution in [3.05, 3.63) is 23.9 Å². The number of aromatic nitrogens is 1. The molecular weight excluding hydrogens is 323 g/mol. The molecule has 24 heavy (non-hydrogen) atoms. The van der Waals surface area contributed by atoms with Crippen molar-refractivity contribution in [3.63, 3.8) is 0 Å². The molecule has 1 aromatic heterocycles. The summed E-state index contributed by atoms with van der Waals surface area (Å²) in [6.07, 6.45) is -0.0235. The summed E-state index contributed by atoms with van der Waals surface area (Å²) in [7, 11) is 0. The lowest BCUT2D eigenvalue weighted by Gasteiger charge is -2.38. The number of hydrogen-bond donors (Lipinski definition) is 1. The van der Waals surface area contributed by atoms with Gasteiger partial charge in [-0.2, -0.15) is 13.2 Å².